The van der Waals surface area contributed by atoms with Crippen molar-refractivity contribution in [2.24, 2.45) is 5.92 Å². The van der Waals surface area contributed by atoms with E-state index in [0.717, 1.165) is 12.0 Å². The maximum Gasteiger partial charge on any atom is 0.0123 e. The molecule has 2 nitrogen and oxygen atoms in total. The maximum absolute atomic E-state index is 3.24. The Morgan fingerprint density at radius 1 is 1.06 bits per heavy atom. The van der Waals surface area contributed by atoms with E-state index in [2.05, 4.69) is 17.3 Å². The van der Waals surface area contributed by atoms with Crippen LogP contribution in [0.15, 0.2) is 0 Å². The fraction of sp³-hybridized carbons (Fsp3) is 1.00. The van der Waals surface area contributed by atoms with Gasteiger partial charge in [-0.1, -0.05) is 12.8 Å². The number of rotatable bonds is 5. The summed E-state index contributed by atoms with van der Waals surface area (Å²) in [7, 11) is 2.05. The minimum absolute atomic E-state index is 0.956. The highest BCUT2D eigenvalue weighted by atomic mass is 15.2. The molecule has 1 aliphatic heterocycles. The Morgan fingerprint density at radius 3 is 2.75 bits per heavy atom. The topological polar surface area (TPSA) is 15.3 Å². The number of nitrogens with zero attached hydrogens (tertiary/aromatic N) is 1. The quantitative estimate of drug-likeness (QED) is 0.722. The summed E-state index contributed by atoms with van der Waals surface area (Å²) < 4.78 is 0. The molecule has 1 heterocycles. The van der Waals surface area contributed by atoms with Crippen LogP contribution >= 0.6 is 0 Å². The summed E-state index contributed by atoms with van der Waals surface area (Å²) in [5.74, 6) is 1.05. The lowest BCUT2D eigenvalue weighted by molar-refractivity contribution is 0.0597. The molecule has 1 aliphatic carbocycles. The summed E-state index contributed by atoms with van der Waals surface area (Å²) in [5, 5.41) is 3.24. The van der Waals surface area contributed by atoms with Gasteiger partial charge in [-0.15, -0.1) is 0 Å². The van der Waals surface area contributed by atoms with E-state index in [4.69, 9.17) is 0 Å². The normalized spacial score (nSPS) is 31.3. The third kappa shape index (κ3) is 3.21. The predicted molar refractivity (Wildman–Crippen MR) is 69.7 cm³/mol. The van der Waals surface area contributed by atoms with Crippen LogP contribution < -0.4 is 5.32 Å². The highest BCUT2D eigenvalue weighted by Gasteiger charge is 2.32. The minimum atomic E-state index is 0.956. The second kappa shape index (κ2) is 6.61. The summed E-state index contributed by atoms with van der Waals surface area (Å²) in [4.78, 5) is 2.81. The lowest BCUT2D eigenvalue weighted by Gasteiger charge is -2.44. The molecule has 0 aromatic rings. The minimum Gasteiger partial charge on any atom is -0.320 e. The van der Waals surface area contributed by atoms with Gasteiger partial charge in [0.05, 0.1) is 0 Å². The molecule has 0 aromatic carbocycles. The van der Waals surface area contributed by atoms with Crippen LogP contribution in [0.25, 0.3) is 0 Å². The van der Waals surface area contributed by atoms with Gasteiger partial charge < -0.3 is 10.2 Å². The van der Waals surface area contributed by atoms with E-state index in [1.807, 2.05) is 0 Å². The van der Waals surface area contributed by atoms with Crippen molar-refractivity contribution in [3.05, 3.63) is 0 Å². The van der Waals surface area contributed by atoms with Crippen molar-refractivity contribution in [3.63, 3.8) is 0 Å². The van der Waals surface area contributed by atoms with E-state index in [-0.39, 0.29) is 0 Å². The van der Waals surface area contributed by atoms with Crippen LogP contribution in [0.4, 0.5) is 0 Å². The van der Waals surface area contributed by atoms with E-state index >= 15 is 0 Å². The molecule has 2 rings (SSSR count). The number of nitrogens with one attached hydrogen (secondary N) is 1. The molecule has 0 aromatic heterocycles. The van der Waals surface area contributed by atoms with Crippen molar-refractivity contribution >= 4 is 0 Å². The van der Waals surface area contributed by atoms with Crippen LogP contribution in [0.5, 0.6) is 0 Å². The number of fused-ring (bicyclic) bond motifs is 1. The van der Waals surface area contributed by atoms with E-state index in [0.29, 0.717) is 0 Å². The predicted octanol–water partition coefficient (Wildman–Crippen LogP) is 2.64. The second-order valence-electron chi connectivity index (χ2n) is 5.60. The zero-order chi connectivity index (χ0) is 11.2. The molecule has 1 saturated carbocycles. The van der Waals surface area contributed by atoms with Crippen LogP contribution in [0.2, 0.25) is 0 Å². The van der Waals surface area contributed by atoms with Crippen molar-refractivity contribution in [1.82, 2.24) is 10.2 Å². The third-order valence-electron chi connectivity index (χ3n) is 4.48. The average molecular weight is 224 g/mol. The Labute approximate surface area is 101 Å². The molecule has 1 N–H and O–H groups in total. The van der Waals surface area contributed by atoms with E-state index in [1.165, 1.54) is 71.0 Å². The van der Waals surface area contributed by atoms with Crippen LogP contribution in [0, 0.1) is 5.92 Å². The standard InChI is InChI=1S/C14H28N2/c1-15-10-4-5-11-16-12-6-8-13-7-2-3-9-14(13)16/h13-15H,2-12H2,1H3. The van der Waals surface area contributed by atoms with Crippen molar-refractivity contribution in [1.29, 1.82) is 0 Å². The third-order valence-corrected chi connectivity index (χ3v) is 4.48. The molecule has 0 radical (unpaired) electrons. The summed E-state index contributed by atoms with van der Waals surface area (Å²) >= 11 is 0. The molecule has 2 atom stereocenters. The molecule has 0 amide bonds. The molecular formula is C14H28N2. The lowest BCUT2D eigenvalue weighted by atomic mass is 9.78. The molecule has 2 aliphatic rings. The fourth-order valence-electron chi connectivity index (χ4n) is 3.62. The number of hydrogen-bond acceptors (Lipinski definition) is 2. The van der Waals surface area contributed by atoms with Crippen molar-refractivity contribution in [2.75, 3.05) is 26.7 Å². The highest BCUT2D eigenvalue weighted by molar-refractivity contribution is 4.87. The van der Waals surface area contributed by atoms with Gasteiger partial charge in [0.2, 0.25) is 0 Å². The molecule has 2 heteroatoms. The van der Waals surface area contributed by atoms with Crippen LogP contribution in [-0.4, -0.2) is 37.6 Å². The number of unbranched alkanes of at least 4 members (excludes halogenated alkanes) is 1. The van der Waals surface area contributed by atoms with Gasteiger partial charge in [-0.25, -0.2) is 0 Å². The number of hydrogen-bond donors (Lipinski definition) is 1. The smallest absolute Gasteiger partial charge is 0.0123 e. The molecule has 2 fully saturated rings. The molecule has 0 bridgehead atoms. The van der Waals surface area contributed by atoms with Gasteiger partial charge in [0.25, 0.3) is 0 Å². The first kappa shape index (κ1) is 12.4. The molecule has 2 unspecified atom stereocenters. The monoisotopic (exact) mass is 224 g/mol. The summed E-state index contributed by atoms with van der Waals surface area (Å²) in [5.41, 5.74) is 0. The van der Waals surface area contributed by atoms with Gasteiger partial charge in [-0.05, 0) is 71.1 Å². The van der Waals surface area contributed by atoms with Crippen LogP contribution in [-0.2, 0) is 0 Å². The van der Waals surface area contributed by atoms with E-state index < -0.39 is 0 Å². The molecule has 16 heavy (non-hydrogen) atoms. The average Bonchev–Trinajstić information content (AvgIpc) is 2.35. The van der Waals surface area contributed by atoms with Crippen molar-refractivity contribution < 1.29 is 0 Å². The summed E-state index contributed by atoms with van der Waals surface area (Å²) in [6.45, 7) is 3.91. The van der Waals surface area contributed by atoms with E-state index in [1.54, 1.807) is 0 Å². The first-order chi connectivity index (χ1) is 7.92. The number of piperidine rings is 1. The Bertz CT molecular complexity index is 191. The van der Waals surface area contributed by atoms with Gasteiger partial charge in [-0.3, -0.25) is 0 Å². The van der Waals surface area contributed by atoms with Gasteiger partial charge in [0, 0.05) is 6.04 Å². The van der Waals surface area contributed by atoms with E-state index in [9.17, 15) is 0 Å². The van der Waals surface area contributed by atoms with Gasteiger partial charge >= 0.3 is 0 Å². The molecule has 1 saturated heterocycles. The van der Waals surface area contributed by atoms with Gasteiger partial charge in [0.15, 0.2) is 0 Å². The fourth-order valence-corrected chi connectivity index (χ4v) is 3.62. The zero-order valence-electron chi connectivity index (χ0n) is 10.9. The summed E-state index contributed by atoms with van der Waals surface area (Å²) in [6, 6.07) is 0.956. The zero-order valence-corrected chi connectivity index (χ0v) is 10.9. The Hall–Kier alpha value is -0.0800. The first-order valence-corrected chi connectivity index (χ1v) is 7.30. The number of likely N-dealkylation sites (tertiary alicyclic amines) is 1. The second-order valence-corrected chi connectivity index (χ2v) is 5.60. The van der Waals surface area contributed by atoms with Crippen molar-refractivity contribution in [2.45, 2.75) is 57.4 Å². The Morgan fingerprint density at radius 2 is 1.88 bits per heavy atom. The van der Waals surface area contributed by atoms with Crippen LogP contribution in [0.1, 0.15) is 51.4 Å². The van der Waals surface area contributed by atoms with Gasteiger partial charge in [-0.2, -0.15) is 0 Å². The maximum atomic E-state index is 3.24. The van der Waals surface area contributed by atoms with Crippen molar-refractivity contribution in [3.8, 4) is 0 Å². The lowest BCUT2D eigenvalue weighted by Crippen LogP contribution is -2.47. The molecule has 0 spiro atoms. The molecular weight excluding hydrogens is 196 g/mol. The SMILES string of the molecule is CNCCCCN1CCCC2CCCCC21. The Kier molecular flexibility index (Phi) is 5.11. The summed E-state index contributed by atoms with van der Waals surface area (Å²) in [6.07, 6.45) is 11.6. The van der Waals surface area contributed by atoms with Crippen LogP contribution in [0.3, 0.4) is 0 Å². The van der Waals surface area contributed by atoms with Gasteiger partial charge in [0.1, 0.15) is 0 Å². The first-order valence-electron chi connectivity index (χ1n) is 7.30. The highest BCUT2D eigenvalue weighted by Crippen LogP contribution is 2.35. The Balaban J connectivity index is 1.74. The largest absolute Gasteiger partial charge is 0.320 e. The molecule has 94 valence electrons.